The molecule has 0 bridgehead atoms. The van der Waals surface area contributed by atoms with Gasteiger partial charge in [0.15, 0.2) is 0 Å². The van der Waals surface area contributed by atoms with Gasteiger partial charge in [0.25, 0.3) is 5.91 Å². The fraction of sp³-hybridized carbons (Fsp3) is 0.529. The smallest absolute Gasteiger partial charge is 0.253 e. The molecule has 0 aliphatic heterocycles. The SMILES string of the molecule is CCCCCCCC(=O)Nc1ccccc1C(=O)NCC. The van der Waals surface area contributed by atoms with Crippen LogP contribution in [0.15, 0.2) is 24.3 Å². The van der Waals surface area contributed by atoms with Gasteiger partial charge in [-0.3, -0.25) is 9.59 Å². The zero-order valence-electron chi connectivity index (χ0n) is 13.1. The number of amides is 2. The number of rotatable bonds is 9. The highest BCUT2D eigenvalue weighted by atomic mass is 16.2. The Morgan fingerprint density at radius 2 is 1.71 bits per heavy atom. The second-order valence-corrected chi connectivity index (χ2v) is 5.12. The van der Waals surface area contributed by atoms with Crippen molar-refractivity contribution in [1.29, 1.82) is 0 Å². The molecule has 2 N–H and O–H groups in total. The Morgan fingerprint density at radius 3 is 2.43 bits per heavy atom. The maximum Gasteiger partial charge on any atom is 0.253 e. The van der Waals surface area contributed by atoms with Crippen molar-refractivity contribution in [2.45, 2.75) is 52.4 Å². The van der Waals surface area contributed by atoms with E-state index in [9.17, 15) is 9.59 Å². The van der Waals surface area contributed by atoms with Gasteiger partial charge in [0.2, 0.25) is 5.91 Å². The van der Waals surface area contributed by atoms with E-state index >= 15 is 0 Å². The lowest BCUT2D eigenvalue weighted by molar-refractivity contribution is -0.116. The minimum absolute atomic E-state index is 0.0248. The number of carbonyl (C=O) groups is 2. The van der Waals surface area contributed by atoms with Crippen LogP contribution < -0.4 is 10.6 Å². The average molecular weight is 290 g/mol. The summed E-state index contributed by atoms with van der Waals surface area (Å²) in [6.45, 7) is 4.61. The summed E-state index contributed by atoms with van der Waals surface area (Å²) in [5, 5.41) is 5.59. The molecule has 0 aliphatic rings. The molecule has 0 fully saturated rings. The third-order valence-corrected chi connectivity index (χ3v) is 3.29. The largest absolute Gasteiger partial charge is 0.352 e. The first-order chi connectivity index (χ1) is 10.2. The second kappa shape index (κ2) is 9.97. The van der Waals surface area contributed by atoms with Crippen LogP contribution in [-0.2, 0) is 4.79 Å². The molecule has 2 amide bonds. The van der Waals surface area contributed by atoms with Crippen molar-refractivity contribution in [3.8, 4) is 0 Å². The zero-order chi connectivity index (χ0) is 15.5. The molecule has 0 spiro atoms. The fourth-order valence-corrected chi connectivity index (χ4v) is 2.15. The van der Waals surface area contributed by atoms with Crippen molar-refractivity contribution >= 4 is 17.5 Å². The third kappa shape index (κ3) is 6.43. The maximum atomic E-state index is 11.9. The second-order valence-electron chi connectivity index (χ2n) is 5.12. The fourth-order valence-electron chi connectivity index (χ4n) is 2.15. The number of para-hydroxylation sites is 1. The van der Waals surface area contributed by atoms with Gasteiger partial charge >= 0.3 is 0 Å². The zero-order valence-corrected chi connectivity index (χ0v) is 13.1. The molecule has 0 aromatic heterocycles. The predicted molar refractivity (Wildman–Crippen MR) is 86.5 cm³/mol. The lowest BCUT2D eigenvalue weighted by Gasteiger charge is -2.10. The van der Waals surface area contributed by atoms with Crippen LogP contribution in [0.3, 0.4) is 0 Å². The van der Waals surface area contributed by atoms with Crippen LogP contribution in [0.25, 0.3) is 0 Å². The molecule has 0 atom stereocenters. The molecule has 1 rings (SSSR count). The van der Waals surface area contributed by atoms with E-state index in [-0.39, 0.29) is 11.8 Å². The highest BCUT2D eigenvalue weighted by Crippen LogP contribution is 2.16. The molecule has 0 saturated carbocycles. The summed E-state index contributed by atoms with van der Waals surface area (Å²) >= 11 is 0. The number of hydrogen-bond donors (Lipinski definition) is 2. The number of nitrogens with one attached hydrogen (secondary N) is 2. The van der Waals surface area contributed by atoms with E-state index < -0.39 is 0 Å². The lowest BCUT2D eigenvalue weighted by atomic mass is 10.1. The number of carbonyl (C=O) groups excluding carboxylic acids is 2. The van der Waals surface area contributed by atoms with Crippen LogP contribution in [0.2, 0.25) is 0 Å². The Kier molecular flexibility index (Phi) is 8.17. The molecule has 1 aromatic rings. The summed E-state index contributed by atoms with van der Waals surface area (Å²) in [7, 11) is 0. The van der Waals surface area contributed by atoms with Gasteiger partial charge in [-0.25, -0.2) is 0 Å². The number of hydrogen-bond acceptors (Lipinski definition) is 2. The molecule has 116 valence electrons. The van der Waals surface area contributed by atoms with Crippen LogP contribution in [-0.4, -0.2) is 18.4 Å². The minimum Gasteiger partial charge on any atom is -0.352 e. The van der Waals surface area contributed by atoms with Gasteiger partial charge in [0.1, 0.15) is 0 Å². The summed E-state index contributed by atoms with van der Waals surface area (Å²) in [5.74, 6) is -0.181. The highest BCUT2D eigenvalue weighted by molar-refractivity contribution is 6.03. The van der Waals surface area contributed by atoms with E-state index in [1.165, 1.54) is 19.3 Å². The van der Waals surface area contributed by atoms with Crippen LogP contribution in [0, 0.1) is 0 Å². The monoisotopic (exact) mass is 290 g/mol. The minimum atomic E-state index is -0.156. The first-order valence-electron chi connectivity index (χ1n) is 7.86. The molecular weight excluding hydrogens is 264 g/mol. The quantitative estimate of drug-likeness (QED) is 0.681. The van der Waals surface area contributed by atoms with E-state index in [0.29, 0.717) is 24.2 Å². The van der Waals surface area contributed by atoms with E-state index in [1.54, 1.807) is 18.2 Å². The molecule has 21 heavy (non-hydrogen) atoms. The van der Waals surface area contributed by atoms with E-state index in [2.05, 4.69) is 17.6 Å². The number of unbranched alkanes of at least 4 members (excludes halogenated alkanes) is 4. The topological polar surface area (TPSA) is 58.2 Å². The molecule has 0 heterocycles. The Labute approximate surface area is 127 Å². The third-order valence-electron chi connectivity index (χ3n) is 3.29. The lowest BCUT2D eigenvalue weighted by Crippen LogP contribution is -2.24. The number of benzene rings is 1. The summed E-state index contributed by atoms with van der Waals surface area (Å²) in [6, 6.07) is 7.10. The van der Waals surface area contributed by atoms with Crippen LogP contribution in [0.4, 0.5) is 5.69 Å². The average Bonchev–Trinajstić information content (AvgIpc) is 2.48. The Morgan fingerprint density at radius 1 is 1.00 bits per heavy atom. The van der Waals surface area contributed by atoms with E-state index in [0.717, 1.165) is 12.8 Å². The van der Waals surface area contributed by atoms with Crippen molar-refractivity contribution < 1.29 is 9.59 Å². The molecule has 4 heteroatoms. The van der Waals surface area contributed by atoms with Gasteiger partial charge in [-0.2, -0.15) is 0 Å². The van der Waals surface area contributed by atoms with Gasteiger partial charge in [0, 0.05) is 13.0 Å². The van der Waals surface area contributed by atoms with E-state index in [4.69, 9.17) is 0 Å². The van der Waals surface area contributed by atoms with Crippen molar-refractivity contribution in [3.63, 3.8) is 0 Å². The summed E-state index contributed by atoms with van der Waals surface area (Å²) < 4.78 is 0. The Bertz CT molecular complexity index is 458. The van der Waals surface area contributed by atoms with Crippen LogP contribution in [0.1, 0.15) is 62.7 Å². The maximum absolute atomic E-state index is 11.9. The van der Waals surface area contributed by atoms with Crippen molar-refractivity contribution in [2.75, 3.05) is 11.9 Å². The highest BCUT2D eigenvalue weighted by Gasteiger charge is 2.11. The first-order valence-corrected chi connectivity index (χ1v) is 7.86. The van der Waals surface area contributed by atoms with Crippen LogP contribution >= 0.6 is 0 Å². The van der Waals surface area contributed by atoms with Crippen LogP contribution in [0.5, 0.6) is 0 Å². The van der Waals surface area contributed by atoms with Gasteiger partial charge in [-0.1, -0.05) is 44.7 Å². The van der Waals surface area contributed by atoms with E-state index in [1.807, 2.05) is 13.0 Å². The van der Waals surface area contributed by atoms with Gasteiger partial charge in [-0.05, 0) is 25.5 Å². The normalized spacial score (nSPS) is 10.2. The van der Waals surface area contributed by atoms with Gasteiger partial charge < -0.3 is 10.6 Å². The predicted octanol–water partition coefficient (Wildman–Crippen LogP) is 3.74. The molecule has 0 saturated heterocycles. The molecule has 0 radical (unpaired) electrons. The summed E-state index contributed by atoms with van der Waals surface area (Å²) in [5.41, 5.74) is 1.10. The number of anilines is 1. The molecule has 0 unspecified atom stereocenters. The summed E-state index contributed by atoms with van der Waals surface area (Å²) in [6.07, 6.45) is 6.09. The van der Waals surface area contributed by atoms with Gasteiger partial charge in [-0.15, -0.1) is 0 Å². The Balaban J connectivity index is 2.50. The van der Waals surface area contributed by atoms with Gasteiger partial charge in [0.05, 0.1) is 11.3 Å². The standard InChI is InChI=1S/C17H26N2O2/c1-3-5-6-7-8-13-16(20)19-15-12-10-9-11-14(15)17(21)18-4-2/h9-12H,3-8,13H2,1-2H3,(H,18,21)(H,19,20). The molecule has 0 aliphatic carbocycles. The van der Waals surface area contributed by atoms with Crippen molar-refractivity contribution in [1.82, 2.24) is 5.32 Å². The van der Waals surface area contributed by atoms with Crippen molar-refractivity contribution in [3.05, 3.63) is 29.8 Å². The Hall–Kier alpha value is -1.84. The first kappa shape index (κ1) is 17.2. The molecule has 4 nitrogen and oxygen atoms in total. The van der Waals surface area contributed by atoms with Crippen molar-refractivity contribution in [2.24, 2.45) is 0 Å². The molecular formula is C17H26N2O2. The molecule has 1 aromatic carbocycles. The summed E-state index contributed by atoms with van der Waals surface area (Å²) in [4.78, 5) is 23.9.